The van der Waals surface area contributed by atoms with Crippen molar-refractivity contribution in [3.05, 3.63) is 57.8 Å². The molecular weight excluding hydrogens is 276 g/mol. The van der Waals surface area contributed by atoms with Gasteiger partial charge >= 0.3 is 5.97 Å². The quantitative estimate of drug-likeness (QED) is 0.670. The standard InChI is InChI=1S/C14H12N2O5/c1-2-9-3-5-11(6-4-9)21-13-12(14(17)18)7-10(8-15-13)16(19)20/h3-8H,2H2,1H3,(H,17,18). The first-order chi connectivity index (χ1) is 10.0. The Kier molecular flexibility index (Phi) is 4.13. The summed E-state index contributed by atoms with van der Waals surface area (Å²) < 4.78 is 5.39. The van der Waals surface area contributed by atoms with Crippen LogP contribution in [0.4, 0.5) is 5.69 Å². The summed E-state index contributed by atoms with van der Waals surface area (Å²) in [4.78, 5) is 24.8. The maximum absolute atomic E-state index is 11.1. The molecule has 0 aliphatic heterocycles. The number of hydrogen-bond acceptors (Lipinski definition) is 5. The molecule has 0 fully saturated rings. The molecule has 0 amide bonds. The number of rotatable bonds is 5. The van der Waals surface area contributed by atoms with Crippen LogP contribution < -0.4 is 4.74 Å². The highest BCUT2D eigenvalue weighted by Crippen LogP contribution is 2.26. The minimum atomic E-state index is -1.34. The second-order valence-corrected chi connectivity index (χ2v) is 4.21. The van der Waals surface area contributed by atoms with E-state index in [1.54, 1.807) is 12.1 Å². The molecule has 2 rings (SSSR count). The molecule has 0 saturated carbocycles. The van der Waals surface area contributed by atoms with Crippen LogP contribution in [0.5, 0.6) is 11.6 Å². The lowest BCUT2D eigenvalue weighted by molar-refractivity contribution is -0.385. The summed E-state index contributed by atoms with van der Waals surface area (Å²) in [5.41, 5.74) is 0.349. The predicted octanol–water partition coefficient (Wildman–Crippen LogP) is 3.04. The van der Waals surface area contributed by atoms with E-state index >= 15 is 0 Å². The molecule has 1 N–H and O–H groups in total. The molecule has 0 bridgehead atoms. The molecule has 21 heavy (non-hydrogen) atoms. The molecule has 0 atom stereocenters. The Labute approximate surface area is 120 Å². The molecule has 0 radical (unpaired) electrons. The Morgan fingerprint density at radius 2 is 2.05 bits per heavy atom. The van der Waals surface area contributed by atoms with Crippen molar-refractivity contribution in [2.45, 2.75) is 13.3 Å². The van der Waals surface area contributed by atoms with E-state index in [0.717, 1.165) is 24.2 Å². The SMILES string of the molecule is CCc1ccc(Oc2ncc([N+](=O)[O-])cc2C(=O)O)cc1. The Morgan fingerprint density at radius 1 is 1.38 bits per heavy atom. The Hall–Kier alpha value is -2.96. The van der Waals surface area contributed by atoms with E-state index in [0.29, 0.717) is 5.75 Å². The third-order valence-corrected chi connectivity index (χ3v) is 2.82. The first-order valence-electron chi connectivity index (χ1n) is 6.15. The third-order valence-electron chi connectivity index (χ3n) is 2.82. The van der Waals surface area contributed by atoms with Gasteiger partial charge in [0.15, 0.2) is 0 Å². The lowest BCUT2D eigenvalue weighted by Crippen LogP contribution is -2.03. The molecule has 1 aromatic heterocycles. The summed E-state index contributed by atoms with van der Waals surface area (Å²) in [5, 5.41) is 19.7. The van der Waals surface area contributed by atoms with Gasteiger partial charge in [0.1, 0.15) is 17.5 Å². The molecular formula is C14H12N2O5. The second kappa shape index (κ2) is 6.00. The van der Waals surface area contributed by atoms with E-state index in [1.165, 1.54) is 0 Å². The van der Waals surface area contributed by atoms with Crippen LogP contribution in [0.3, 0.4) is 0 Å². The fraction of sp³-hybridized carbons (Fsp3) is 0.143. The smallest absolute Gasteiger partial charge is 0.341 e. The highest BCUT2D eigenvalue weighted by Gasteiger charge is 2.19. The first kappa shape index (κ1) is 14.4. The Morgan fingerprint density at radius 3 is 2.57 bits per heavy atom. The molecule has 0 aliphatic carbocycles. The van der Waals surface area contributed by atoms with Gasteiger partial charge in [0.2, 0.25) is 5.88 Å². The summed E-state index contributed by atoms with van der Waals surface area (Å²) >= 11 is 0. The Balaban J connectivity index is 2.34. The number of carbonyl (C=O) groups is 1. The predicted molar refractivity (Wildman–Crippen MR) is 73.7 cm³/mol. The van der Waals surface area contributed by atoms with E-state index in [4.69, 9.17) is 9.84 Å². The monoisotopic (exact) mass is 288 g/mol. The molecule has 7 nitrogen and oxygen atoms in total. The number of carboxylic acid groups (broad SMARTS) is 1. The fourth-order valence-corrected chi connectivity index (χ4v) is 1.68. The summed E-state index contributed by atoms with van der Waals surface area (Å²) in [6, 6.07) is 7.99. The highest BCUT2D eigenvalue weighted by atomic mass is 16.6. The van der Waals surface area contributed by atoms with Gasteiger partial charge in [0.05, 0.1) is 4.92 Å². The topological polar surface area (TPSA) is 103 Å². The van der Waals surface area contributed by atoms with Gasteiger partial charge < -0.3 is 9.84 Å². The summed E-state index contributed by atoms with van der Waals surface area (Å²) in [6.07, 6.45) is 1.83. The van der Waals surface area contributed by atoms with Gasteiger partial charge in [-0.2, -0.15) is 0 Å². The van der Waals surface area contributed by atoms with E-state index in [-0.39, 0.29) is 11.4 Å². The van der Waals surface area contributed by atoms with Crippen molar-refractivity contribution in [1.29, 1.82) is 0 Å². The van der Waals surface area contributed by atoms with Crippen LogP contribution in [0.1, 0.15) is 22.8 Å². The van der Waals surface area contributed by atoms with Crippen LogP contribution in [-0.4, -0.2) is 21.0 Å². The van der Waals surface area contributed by atoms with Gasteiger partial charge in [-0.25, -0.2) is 9.78 Å². The highest BCUT2D eigenvalue weighted by molar-refractivity contribution is 5.91. The molecule has 0 spiro atoms. The van der Waals surface area contributed by atoms with Gasteiger partial charge in [-0.1, -0.05) is 19.1 Å². The van der Waals surface area contributed by atoms with Crippen molar-refractivity contribution in [1.82, 2.24) is 4.98 Å². The number of pyridine rings is 1. The van der Waals surface area contributed by atoms with Gasteiger partial charge in [0.25, 0.3) is 5.69 Å². The van der Waals surface area contributed by atoms with E-state index in [2.05, 4.69) is 4.98 Å². The number of aromatic carboxylic acids is 1. The van der Waals surface area contributed by atoms with Crippen molar-refractivity contribution < 1.29 is 19.6 Å². The van der Waals surface area contributed by atoms with Crippen molar-refractivity contribution >= 4 is 11.7 Å². The zero-order valence-corrected chi connectivity index (χ0v) is 11.1. The number of nitrogens with zero attached hydrogens (tertiary/aromatic N) is 2. The molecule has 0 unspecified atom stereocenters. The van der Waals surface area contributed by atoms with Crippen LogP contribution >= 0.6 is 0 Å². The van der Waals surface area contributed by atoms with E-state index in [9.17, 15) is 14.9 Å². The van der Waals surface area contributed by atoms with Gasteiger partial charge in [-0.3, -0.25) is 10.1 Å². The number of carboxylic acids is 1. The lowest BCUT2D eigenvalue weighted by Gasteiger charge is -2.07. The van der Waals surface area contributed by atoms with Gasteiger partial charge in [-0.15, -0.1) is 0 Å². The summed E-state index contributed by atoms with van der Waals surface area (Å²) in [5.74, 6) is -1.11. The number of nitro groups is 1. The number of hydrogen-bond donors (Lipinski definition) is 1. The zero-order valence-electron chi connectivity index (χ0n) is 11.1. The van der Waals surface area contributed by atoms with E-state index in [1.807, 2.05) is 19.1 Å². The normalized spacial score (nSPS) is 10.1. The van der Waals surface area contributed by atoms with E-state index < -0.39 is 16.6 Å². The van der Waals surface area contributed by atoms with Crippen LogP contribution in [0, 0.1) is 10.1 Å². The minimum absolute atomic E-state index is 0.183. The molecule has 1 heterocycles. The average Bonchev–Trinajstić information content (AvgIpc) is 2.48. The molecule has 2 aromatic rings. The number of ether oxygens (including phenoxy) is 1. The van der Waals surface area contributed by atoms with Crippen LogP contribution in [0.25, 0.3) is 0 Å². The number of aryl methyl sites for hydroxylation is 1. The molecule has 0 saturated heterocycles. The fourth-order valence-electron chi connectivity index (χ4n) is 1.68. The van der Waals surface area contributed by atoms with Gasteiger partial charge in [-0.05, 0) is 24.1 Å². The number of aromatic nitrogens is 1. The van der Waals surface area contributed by atoms with Crippen molar-refractivity contribution in [3.8, 4) is 11.6 Å². The average molecular weight is 288 g/mol. The lowest BCUT2D eigenvalue weighted by atomic mass is 10.2. The second-order valence-electron chi connectivity index (χ2n) is 4.21. The van der Waals surface area contributed by atoms with Crippen molar-refractivity contribution in [3.63, 3.8) is 0 Å². The zero-order chi connectivity index (χ0) is 15.4. The van der Waals surface area contributed by atoms with Crippen LogP contribution in [0.15, 0.2) is 36.5 Å². The molecule has 1 aromatic carbocycles. The maximum Gasteiger partial charge on any atom is 0.341 e. The molecule has 0 aliphatic rings. The Bertz CT molecular complexity index is 682. The number of benzene rings is 1. The summed E-state index contributed by atoms with van der Waals surface area (Å²) in [6.45, 7) is 2.01. The third kappa shape index (κ3) is 3.33. The van der Waals surface area contributed by atoms with Crippen molar-refractivity contribution in [2.75, 3.05) is 0 Å². The summed E-state index contributed by atoms with van der Waals surface area (Å²) in [7, 11) is 0. The molecule has 108 valence electrons. The molecule has 7 heteroatoms. The van der Waals surface area contributed by atoms with Gasteiger partial charge in [0, 0.05) is 6.07 Å². The maximum atomic E-state index is 11.1. The largest absolute Gasteiger partial charge is 0.477 e. The first-order valence-corrected chi connectivity index (χ1v) is 6.15. The van der Waals surface area contributed by atoms with Crippen molar-refractivity contribution in [2.24, 2.45) is 0 Å². The van der Waals surface area contributed by atoms with Crippen LogP contribution in [-0.2, 0) is 6.42 Å². The van der Waals surface area contributed by atoms with Crippen LogP contribution in [0.2, 0.25) is 0 Å². The minimum Gasteiger partial charge on any atom is -0.477 e.